The van der Waals surface area contributed by atoms with Gasteiger partial charge in [-0.2, -0.15) is 0 Å². The lowest BCUT2D eigenvalue weighted by molar-refractivity contribution is -0.148. The third-order valence-corrected chi connectivity index (χ3v) is 3.53. The molecule has 1 aromatic carbocycles. The standard InChI is InChI=1S/C15H18O2/c1-15(14(16)17)9-5-8-13(11-15)10-12-6-3-2-4-7-12/h2-4,6-7,10H,5,8-9,11H2,1H3,(H,16,17). The number of carboxylic acid groups (broad SMARTS) is 1. The molecule has 2 rings (SSSR count). The van der Waals surface area contributed by atoms with Crippen LogP contribution >= 0.6 is 0 Å². The summed E-state index contributed by atoms with van der Waals surface area (Å²) in [6.45, 7) is 1.85. The van der Waals surface area contributed by atoms with E-state index in [1.807, 2.05) is 25.1 Å². The zero-order valence-corrected chi connectivity index (χ0v) is 10.1. The lowest BCUT2D eigenvalue weighted by Crippen LogP contribution is -2.30. The van der Waals surface area contributed by atoms with E-state index in [9.17, 15) is 9.90 Å². The molecule has 0 aromatic heterocycles. The number of rotatable bonds is 2. The number of hydrogen-bond donors (Lipinski definition) is 1. The Morgan fingerprint density at radius 1 is 1.35 bits per heavy atom. The number of benzene rings is 1. The smallest absolute Gasteiger partial charge is 0.309 e. The highest BCUT2D eigenvalue weighted by Crippen LogP contribution is 2.39. The van der Waals surface area contributed by atoms with Gasteiger partial charge in [-0.25, -0.2) is 0 Å². The first-order chi connectivity index (χ1) is 8.10. The zero-order chi connectivity index (χ0) is 12.3. The van der Waals surface area contributed by atoms with Crippen LogP contribution in [0.5, 0.6) is 0 Å². The van der Waals surface area contributed by atoms with E-state index in [1.54, 1.807) is 0 Å². The van der Waals surface area contributed by atoms with Crippen LogP contribution in [0, 0.1) is 5.41 Å². The number of hydrogen-bond acceptors (Lipinski definition) is 1. The Morgan fingerprint density at radius 2 is 2.06 bits per heavy atom. The monoisotopic (exact) mass is 230 g/mol. The van der Waals surface area contributed by atoms with E-state index in [0.717, 1.165) is 24.8 Å². The fraction of sp³-hybridized carbons (Fsp3) is 0.400. The number of carbonyl (C=O) groups is 1. The lowest BCUT2D eigenvalue weighted by Gasteiger charge is -2.30. The van der Waals surface area contributed by atoms with Gasteiger partial charge in [-0.1, -0.05) is 42.0 Å². The highest BCUT2D eigenvalue weighted by atomic mass is 16.4. The van der Waals surface area contributed by atoms with Crippen molar-refractivity contribution in [3.63, 3.8) is 0 Å². The number of allylic oxidation sites excluding steroid dienone is 1. The van der Waals surface area contributed by atoms with Crippen LogP contribution in [0.25, 0.3) is 6.08 Å². The highest BCUT2D eigenvalue weighted by molar-refractivity contribution is 5.75. The van der Waals surface area contributed by atoms with Gasteiger partial charge in [0.05, 0.1) is 5.41 Å². The third-order valence-electron chi connectivity index (χ3n) is 3.53. The van der Waals surface area contributed by atoms with Gasteiger partial charge in [-0.15, -0.1) is 0 Å². The van der Waals surface area contributed by atoms with E-state index in [1.165, 1.54) is 5.57 Å². The van der Waals surface area contributed by atoms with E-state index >= 15 is 0 Å². The molecule has 0 radical (unpaired) electrons. The molecule has 1 unspecified atom stereocenters. The molecule has 1 aliphatic carbocycles. The quantitative estimate of drug-likeness (QED) is 0.840. The van der Waals surface area contributed by atoms with Gasteiger partial charge in [0.15, 0.2) is 0 Å². The number of aliphatic carboxylic acids is 1. The second kappa shape index (κ2) is 4.74. The molecule has 90 valence electrons. The van der Waals surface area contributed by atoms with Crippen molar-refractivity contribution >= 4 is 12.0 Å². The van der Waals surface area contributed by atoms with Crippen molar-refractivity contribution in [1.82, 2.24) is 0 Å². The van der Waals surface area contributed by atoms with Crippen molar-refractivity contribution in [2.45, 2.75) is 32.6 Å². The Balaban J connectivity index is 2.18. The predicted molar refractivity (Wildman–Crippen MR) is 68.6 cm³/mol. The topological polar surface area (TPSA) is 37.3 Å². The summed E-state index contributed by atoms with van der Waals surface area (Å²) in [5.41, 5.74) is 1.85. The molecular formula is C15H18O2. The van der Waals surface area contributed by atoms with Crippen molar-refractivity contribution < 1.29 is 9.90 Å². The first kappa shape index (κ1) is 11.9. The molecule has 1 N–H and O–H groups in total. The molecule has 17 heavy (non-hydrogen) atoms. The largest absolute Gasteiger partial charge is 0.481 e. The summed E-state index contributed by atoms with van der Waals surface area (Å²) in [6, 6.07) is 10.1. The molecule has 1 aromatic rings. The van der Waals surface area contributed by atoms with Gasteiger partial charge in [-0.05, 0) is 38.2 Å². The van der Waals surface area contributed by atoms with Crippen molar-refractivity contribution in [3.05, 3.63) is 41.5 Å². The van der Waals surface area contributed by atoms with E-state index in [4.69, 9.17) is 0 Å². The van der Waals surface area contributed by atoms with Gasteiger partial charge in [0, 0.05) is 0 Å². The molecule has 0 spiro atoms. The third kappa shape index (κ3) is 2.76. The van der Waals surface area contributed by atoms with Crippen LogP contribution in [0.3, 0.4) is 0 Å². The zero-order valence-electron chi connectivity index (χ0n) is 10.1. The van der Waals surface area contributed by atoms with Gasteiger partial charge < -0.3 is 5.11 Å². The minimum Gasteiger partial charge on any atom is -0.481 e. The fourth-order valence-electron chi connectivity index (χ4n) is 2.47. The molecular weight excluding hydrogens is 212 g/mol. The summed E-state index contributed by atoms with van der Waals surface area (Å²) in [5.74, 6) is -0.670. The van der Waals surface area contributed by atoms with Gasteiger partial charge >= 0.3 is 5.97 Å². The van der Waals surface area contributed by atoms with Crippen LogP contribution in [-0.2, 0) is 4.79 Å². The second-order valence-corrected chi connectivity index (χ2v) is 5.11. The average molecular weight is 230 g/mol. The van der Waals surface area contributed by atoms with E-state index in [2.05, 4.69) is 18.2 Å². The van der Waals surface area contributed by atoms with Crippen LogP contribution in [0.2, 0.25) is 0 Å². The molecule has 0 saturated heterocycles. The van der Waals surface area contributed by atoms with Crippen LogP contribution in [0.15, 0.2) is 35.9 Å². The Bertz CT molecular complexity index is 433. The second-order valence-electron chi connectivity index (χ2n) is 5.11. The maximum Gasteiger partial charge on any atom is 0.309 e. The maximum atomic E-state index is 11.2. The van der Waals surface area contributed by atoms with Crippen molar-refractivity contribution in [2.24, 2.45) is 5.41 Å². The van der Waals surface area contributed by atoms with E-state index in [0.29, 0.717) is 6.42 Å². The summed E-state index contributed by atoms with van der Waals surface area (Å²) >= 11 is 0. The van der Waals surface area contributed by atoms with Crippen molar-refractivity contribution in [2.75, 3.05) is 0 Å². The molecule has 2 heteroatoms. The van der Waals surface area contributed by atoms with Crippen LogP contribution in [-0.4, -0.2) is 11.1 Å². The molecule has 1 atom stereocenters. The summed E-state index contributed by atoms with van der Waals surface area (Å²) in [5, 5.41) is 9.25. The molecule has 1 aliphatic rings. The molecule has 0 bridgehead atoms. The Labute approximate surface area is 102 Å². The lowest BCUT2D eigenvalue weighted by atomic mass is 9.73. The average Bonchev–Trinajstić information content (AvgIpc) is 2.30. The van der Waals surface area contributed by atoms with Crippen LogP contribution in [0.4, 0.5) is 0 Å². The SMILES string of the molecule is CC1(C(=O)O)CCCC(=Cc2ccccc2)C1. The summed E-state index contributed by atoms with van der Waals surface area (Å²) in [7, 11) is 0. The molecule has 0 heterocycles. The Kier molecular flexibility index (Phi) is 3.32. The van der Waals surface area contributed by atoms with Crippen LogP contribution < -0.4 is 0 Å². The normalized spacial score (nSPS) is 27.0. The van der Waals surface area contributed by atoms with Gasteiger partial charge in [0.2, 0.25) is 0 Å². The Morgan fingerprint density at radius 3 is 2.71 bits per heavy atom. The fourth-order valence-corrected chi connectivity index (χ4v) is 2.47. The molecule has 0 aliphatic heterocycles. The summed E-state index contributed by atoms with van der Waals surface area (Å²) in [6.07, 6.45) is 5.60. The minimum atomic E-state index is -0.670. The minimum absolute atomic E-state index is 0.571. The number of carboxylic acids is 1. The highest BCUT2D eigenvalue weighted by Gasteiger charge is 2.36. The maximum absolute atomic E-state index is 11.2. The van der Waals surface area contributed by atoms with Crippen LogP contribution in [0.1, 0.15) is 38.2 Å². The van der Waals surface area contributed by atoms with Gasteiger partial charge in [0.25, 0.3) is 0 Å². The molecule has 1 saturated carbocycles. The first-order valence-electron chi connectivity index (χ1n) is 6.08. The summed E-state index contributed by atoms with van der Waals surface area (Å²) in [4.78, 5) is 11.2. The predicted octanol–water partition coefficient (Wildman–Crippen LogP) is 3.73. The van der Waals surface area contributed by atoms with Gasteiger partial charge in [0.1, 0.15) is 0 Å². The Hall–Kier alpha value is -1.57. The van der Waals surface area contributed by atoms with Gasteiger partial charge in [-0.3, -0.25) is 4.79 Å². The summed E-state index contributed by atoms with van der Waals surface area (Å²) < 4.78 is 0. The van der Waals surface area contributed by atoms with E-state index < -0.39 is 11.4 Å². The first-order valence-corrected chi connectivity index (χ1v) is 6.08. The molecule has 0 amide bonds. The van der Waals surface area contributed by atoms with Crippen molar-refractivity contribution in [3.8, 4) is 0 Å². The molecule has 1 fully saturated rings. The van der Waals surface area contributed by atoms with Crippen molar-refractivity contribution in [1.29, 1.82) is 0 Å². The molecule has 2 nitrogen and oxygen atoms in total. The van der Waals surface area contributed by atoms with E-state index in [-0.39, 0.29) is 0 Å².